The number of nitro benzene ring substituents is 1. The fourth-order valence-corrected chi connectivity index (χ4v) is 2.18. The van der Waals surface area contributed by atoms with Crippen molar-refractivity contribution in [2.75, 3.05) is 6.61 Å². The lowest BCUT2D eigenvalue weighted by atomic mass is 10.1. The monoisotopic (exact) mass is 318 g/mol. The number of aryl methyl sites for hydroxylation is 1. The topological polar surface area (TPSA) is 110 Å². The zero-order valence-electron chi connectivity index (χ0n) is 12.9. The number of amides is 1. The van der Waals surface area contributed by atoms with Crippen LogP contribution in [0, 0.1) is 10.1 Å². The van der Waals surface area contributed by atoms with E-state index in [9.17, 15) is 14.9 Å². The van der Waals surface area contributed by atoms with Gasteiger partial charge in [-0.2, -0.15) is 5.10 Å². The summed E-state index contributed by atoms with van der Waals surface area (Å²) in [5, 5.41) is 26.7. The number of rotatable bonds is 6. The van der Waals surface area contributed by atoms with Gasteiger partial charge in [-0.25, -0.2) is 0 Å². The fourth-order valence-electron chi connectivity index (χ4n) is 2.18. The molecule has 1 unspecified atom stereocenters. The highest BCUT2D eigenvalue weighted by Gasteiger charge is 2.19. The minimum Gasteiger partial charge on any atom is -0.396 e. The van der Waals surface area contributed by atoms with E-state index in [1.807, 2.05) is 0 Å². The van der Waals surface area contributed by atoms with Gasteiger partial charge in [0.1, 0.15) is 5.69 Å². The number of aliphatic hydroxyl groups excluding tert-OH is 1. The number of carbonyl (C=O) groups is 1. The predicted octanol–water partition coefficient (Wildman–Crippen LogP) is 1.50. The van der Waals surface area contributed by atoms with E-state index in [-0.39, 0.29) is 24.2 Å². The number of hydrogen-bond acceptors (Lipinski definition) is 5. The number of benzene rings is 1. The van der Waals surface area contributed by atoms with E-state index in [4.69, 9.17) is 5.11 Å². The van der Waals surface area contributed by atoms with E-state index in [2.05, 4.69) is 10.4 Å². The quantitative estimate of drug-likeness (QED) is 0.619. The summed E-state index contributed by atoms with van der Waals surface area (Å²) in [6, 6.07) is 5.71. The molecule has 0 aliphatic carbocycles. The lowest BCUT2D eigenvalue weighted by Crippen LogP contribution is -2.33. The summed E-state index contributed by atoms with van der Waals surface area (Å²) < 4.78 is 1.52. The first-order chi connectivity index (χ1) is 10.9. The molecule has 1 amide bonds. The van der Waals surface area contributed by atoms with Crippen molar-refractivity contribution in [3.05, 3.63) is 46.1 Å². The molecule has 23 heavy (non-hydrogen) atoms. The third-order valence-electron chi connectivity index (χ3n) is 3.36. The number of nitrogens with one attached hydrogen (secondary N) is 1. The number of hydrogen-bond donors (Lipinski definition) is 2. The summed E-state index contributed by atoms with van der Waals surface area (Å²) in [5.41, 5.74) is 1.44. The molecular formula is C15H18N4O4. The first-order valence-corrected chi connectivity index (χ1v) is 7.12. The predicted molar refractivity (Wildman–Crippen MR) is 83.9 cm³/mol. The molecular weight excluding hydrogens is 300 g/mol. The summed E-state index contributed by atoms with van der Waals surface area (Å²) >= 11 is 0. The van der Waals surface area contributed by atoms with Crippen molar-refractivity contribution in [1.82, 2.24) is 15.1 Å². The molecule has 122 valence electrons. The van der Waals surface area contributed by atoms with Crippen molar-refractivity contribution in [2.24, 2.45) is 7.05 Å². The van der Waals surface area contributed by atoms with E-state index >= 15 is 0 Å². The van der Waals surface area contributed by atoms with Gasteiger partial charge in [-0.15, -0.1) is 0 Å². The maximum Gasteiger partial charge on any atom is 0.269 e. The van der Waals surface area contributed by atoms with Crippen molar-refractivity contribution in [3.8, 4) is 11.3 Å². The molecule has 0 saturated carbocycles. The third kappa shape index (κ3) is 3.92. The molecule has 2 N–H and O–H groups in total. The Labute approximate surface area is 132 Å². The molecule has 1 heterocycles. The summed E-state index contributed by atoms with van der Waals surface area (Å²) in [4.78, 5) is 22.6. The molecule has 2 rings (SSSR count). The van der Waals surface area contributed by atoms with E-state index < -0.39 is 4.92 Å². The summed E-state index contributed by atoms with van der Waals surface area (Å²) in [6.07, 6.45) is 2.05. The van der Waals surface area contributed by atoms with Crippen LogP contribution < -0.4 is 5.32 Å². The second-order valence-corrected chi connectivity index (χ2v) is 5.26. The Kier molecular flexibility index (Phi) is 5.07. The van der Waals surface area contributed by atoms with Crippen LogP contribution in [-0.4, -0.2) is 38.4 Å². The Balaban J connectivity index is 2.29. The fraction of sp³-hybridized carbons (Fsp3) is 0.333. The van der Waals surface area contributed by atoms with Crippen LogP contribution in [0.5, 0.6) is 0 Å². The van der Waals surface area contributed by atoms with Crippen molar-refractivity contribution in [2.45, 2.75) is 19.4 Å². The van der Waals surface area contributed by atoms with Gasteiger partial charge in [0.05, 0.1) is 10.5 Å². The minimum atomic E-state index is -0.480. The number of aromatic nitrogens is 2. The lowest BCUT2D eigenvalue weighted by molar-refractivity contribution is -0.384. The van der Waals surface area contributed by atoms with Crippen LogP contribution in [0.15, 0.2) is 30.5 Å². The average molecular weight is 318 g/mol. The summed E-state index contributed by atoms with van der Waals surface area (Å²) in [7, 11) is 1.70. The molecule has 0 saturated heterocycles. The van der Waals surface area contributed by atoms with Gasteiger partial charge < -0.3 is 10.4 Å². The van der Waals surface area contributed by atoms with Crippen LogP contribution >= 0.6 is 0 Å². The molecule has 0 aliphatic heterocycles. The molecule has 2 aromatic rings. The van der Waals surface area contributed by atoms with Gasteiger partial charge in [-0.3, -0.25) is 19.6 Å². The zero-order valence-corrected chi connectivity index (χ0v) is 12.9. The third-order valence-corrected chi connectivity index (χ3v) is 3.36. The van der Waals surface area contributed by atoms with Crippen LogP contribution in [0.2, 0.25) is 0 Å². The largest absolute Gasteiger partial charge is 0.396 e. The molecule has 0 aliphatic rings. The number of nitrogens with zero attached hydrogens (tertiary/aromatic N) is 3. The van der Waals surface area contributed by atoms with Crippen molar-refractivity contribution < 1.29 is 14.8 Å². The van der Waals surface area contributed by atoms with Crippen molar-refractivity contribution in [1.29, 1.82) is 0 Å². The molecule has 8 heteroatoms. The van der Waals surface area contributed by atoms with Gasteiger partial charge in [0.25, 0.3) is 11.6 Å². The molecule has 0 spiro atoms. The second-order valence-electron chi connectivity index (χ2n) is 5.26. The molecule has 0 bridgehead atoms. The van der Waals surface area contributed by atoms with E-state index in [0.29, 0.717) is 23.2 Å². The van der Waals surface area contributed by atoms with Crippen LogP contribution in [0.3, 0.4) is 0 Å². The standard InChI is InChI=1S/C15H18N4O4/c1-10(7-8-20)16-15(21)13-9-18(2)17-14(13)11-3-5-12(6-4-11)19(22)23/h3-6,9-10,20H,7-8H2,1-2H3,(H,16,21). The number of aliphatic hydroxyl groups is 1. The van der Waals surface area contributed by atoms with Gasteiger partial charge in [0.15, 0.2) is 0 Å². The molecule has 1 aromatic heterocycles. The van der Waals surface area contributed by atoms with Gasteiger partial charge in [-0.05, 0) is 25.5 Å². The highest BCUT2D eigenvalue weighted by molar-refractivity contribution is 6.00. The molecule has 0 radical (unpaired) electrons. The van der Waals surface area contributed by atoms with Crippen LogP contribution in [0.4, 0.5) is 5.69 Å². The van der Waals surface area contributed by atoms with Gasteiger partial charge in [0, 0.05) is 43.6 Å². The highest BCUT2D eigenvalue weighted by atomic mass is 16.6. The average Bonchev–Trinajstić information content (AvgIpc) is 2.89. The van der Waals surface area contributed by atoms with Crippen LogP contribution in [-0.2, 0) is 7.05 Å². The second kappa shape index (κ2) is 7.01. The number of non-ortho nitro benzene ring substituents is 1. The minimum absolute atomic E-state index is 0.0102. The maximum absolute atomic E-state index is 12.4. The van der Waals surface area contributed by atoms with Crippen molar-refractivity contribution in [3.63, 3.8) is 0 Å². The summed E-state index contributed by atoms with van der Waals surface area (Å²) in [6.45, 7) is 1.79. The first kappa shape index (κ1) is 16.6. The number of nitro groups is 1. The van der Waals surface area contributed by atoms with E-state index in [1.165, 1.54) is 16.8 Å². The Bertz CT molecular complexity index is 709. The Hall–Kier alpha value is -2.74. The first-order valence-electron chi connectivity index (χ1n) is 7.12. The zero-order chi connectivity index (χ0) is 17.0. The number of carbonyl (C=O) groups excluding carboxylic acids is 1. The van der Waals surface area contributed by atoms with E-state index in [1.54, 1.807) is 32.3 Å². The van der Waals surface area contributed by atoms with Crippen molar-refractivity contribution >= 4 is 11.6 Å². The molecule has 0 fully saturated rings. The maximum atomic E-state index is 12.4. The Morgan fingerprint density at radius 1 is 1.43 bits per heavy atom. The molecule has 1 aromatic carbocycles. The van der Waals surface area contributed by atoms with Crippen LogP contribution in [0.1, 0.15) is 23.7 Å². The van der Waals surface area contributed by atoms with Gasteiger partial charge in [0.2, 0.25) is 0 Å². The van der Waals surface area contributed by atoms with Gasteiger partial charge in [-0.1, -0.05) is 0 Å². The Morgan fingerprint density at radius 3 is 2.65 bits per heavy atom. The van der Waals surface area contributed by atoms with E-state index in [0.717, 1.165) is 0 Å². The normalized spacial score (nSPS) is 12.0. The smallest absolute Gasteiger partial charge is 0.269 e. The molecule has 1 atom stereocenters. The SMILES string of the molecule is CC(CCO)NC(=O)c1cn(C)nc1-c1ccc([N+](=O)[O-])cc1. The van der Waals surface area contributed by atoms with Crippen LogP contribution in [0.25, 0.3) is 11.3 Å². The molecule has 8 nitrogen and oxygen atoms in total. The summed E-state index contributed by atoms with van der Waals surface area (Å²) in [5.74, 6) is -0.299. The lowest BCUT2D eigenvalue weighted by Gasteiger charge is -2.12. The van der Waals surface area contributed by atoms with Gasteiger partial charge >= 0.3 is 0 Å². The highest BCUT2D eigenvalue weighted by Crippen LogP contribution is 2.24. The Morgan fingerprint density at radius 2 is 2.09 bits per heavy atom.